The van der Waals surface area contributed by atoms with E-state index in [1.807, 2.05) is 6.92 Å². The largest absolute Gasteiger partial charge is 0.468 e. The maximum absolute atomic E-state index is 11.3. The van der Waals surface area contributed by atoms with Gasteiger partial charge in [0.2, 0.25) is 0 Å². The Kier molecular flexibility index (Phi) is 7.78. The molecule has 7 heteroatoms. The van der Waals surface area contributed by atoms with E-state index in [0.29, 0.717) is 17.9 Å². The molecule has 0 aromatic carbocycles. The van der Waals surface area contributed by atoms with Gasteiger partial charge < -0.3 is 10.5 Å². The summed E-state index contributed by atoms with van der Waals surface area (Å²) in [5, 5.41) is 0. The van der Waals surface area contributed by atoms with Crippen LogP contribution in [0.1, 0.15) is 13.3 Å². The molecule has 0 saturated carbocycles. The number of hydrogen-bond acceptors (Lipinski definition) is 6. The topological polar surface area (TPSA) is 86.5 Å². The molecule has 0 spiro atoms. The lowest BCUT2D eigenvalue weighted by Crippen LogP contribution is -2.34. The predicted octanol–water partition coefficient (Wildman–Crippen LogP) is 0.0447. The molecule has 96 valence electrons. The standard InChI is InChI=1S/C9H19NO4S2/c1-3-5-16(12,13)6-4-15-7-8(10)9(11)14-2/h8H,3-7,10H2,1-2H3. The van der Waals surface area contributed by atoms with E-state index in [1.54, 1.807) is 0 Å². The van der Waals surface area contributed by atoms with Crippen molar-refractivity contribution in [2.75, 3.05) is 30.1 Å². The molecule has 0 heterocycles. The number of esters is 1. The monoisotopic (exact) mass is 269 g/mol. The Labute approximate surface area is 101 Å². The van der Waals surface area contributed by atoms with Crippen LogP contribution in [-0.2, 0) is 19.4 Å². The van der Waals surface area contributed by atoms with E-state index < -0.39 is 21.8 Å². The Morgan fingerprint density at radius 1 is 1.44 bits per heavy atom. The summed E-state index contributed by atoms with van der Waals surface area (Å²) >= 11 is 1.35. The van der Waals surface area contributed by atoms with Crippen LogP contribution in [0.4, 0.5) is 0 Å². The Balaban J connectivity index is 3.72. The zero-order valence-corrected chi connectivity index (χ0v) is 11.3. The molecule has 0 fully saturated rings. The summed E-state index contributed by atoms with van der Waals surface area (Å²) in [5.41, 5.74) is 5.49. The average Bonchev–Trinajstić information content (AvgIpc) is 2.22. The van der Waals surface area contributed by atoms with Crippen LogP contribution >= 0.6 is 11.8 Å². The second-order valence-corrected chi connectivity index (χ2v) is 6.81. The molecular formula is C9H19NO4S2. The SMILES string of the molecule is CCCS(=O)(=O)CCSCC(N)C(=O)OC. The van der Waals surface area contributed by atoms with Gasteiger partial charge in [0, 0.05) is 17.3 Å². The first-order valence-corrected chi connectivity index (χ1v) is 8.02. The van der Waals surface area contributed by atoms with E-state index in [4.69, 9.17) is 5.73 Å². The fraction of sp³-hybridized carbons (Fsp3) is 0.889. The maximum Gasteiger partial charge on any atom is 0.323 e. The van der Waals surface area contributed by atoms with Crippen LogP contribution in [0.3, 0.4) is 0 Å². The van der Waals surface area contributed by atoms with Crippen LogP contribution in [0.15, 0.2) is 0 Å². The van der Waals surface area contributed by atoms with E-state index in [9.17, 15) is 13.2 Å². The molecule has 0 rings (SSSR count). The highest BCUT2D eigenvalue weighted by Crippen LogP contribution is 2.05. The van der Waals surface area contributed by atoms with Crippen molar-refractivity contribution in [1.82, 2.24) is 0 Å². The number of carbonyl (C=O) groups is 1. The van der Waals surface area contributed by atoms with Gasteiger partial charge in [-0.15, -0.1) is 0 Å². The molecule has 0 aliphatic carbocycles. The Hall–Kier alpha value is -0.270. The molecule has 0 saturated heterocycles. The van der Waals surface area contributed by atoms with Crippen molar-refractivity contribution >= 4 is 27.6 Å². The third-order valence-electron chi connectivity index (χ3n) is 1.86. The van der Waals surface area contributed by atoms with Crippen LogP contribution in [0.5, 0.6) is 0 Å². The summed E-state index contributed by atoms with van der Waals surface area (Å²) in [6.45, 7) is 1.83. The van der Waals surface area contributed by atoms with Gasteiger partial charge in [-0.05, 0) is 6.42 Å². The molecular weight excluding hydrogens is 250 g/mol. The molecule has 0 aromatic heterocycles. The molecule has 0 radical (unpaired) electrons. The first-order chi connectivity index (χ1) is 7.43. The van der Waals surface area contributed by atoms with E-state index in [1.165, 1.54) is 18.9 Å². The van der Waals surface area contributed by atoms with Crippen LogP contribution in [-0.4, -0.2) is 50.6 Å². The van der Waals surface area contributed by atoms with Crippen molar-refractivity contribution in [1.29, 1.82) is 0 Å². The Morgan fingerprint density at radius 3 is 2.56 bits per heavy atom. The zero-order chi connectivity index (χ0) is 12.6. The van der Waals surface area contributed by atoms with Gasteiger partial charge in [0.25, 0.3) is 0 Å². The van der Waals surface area contributed by atoms with Crippen LogP contribution in [0.25, 0.3) is 0 Å². The number of rotatable bonds is 8. The quantitative estimate of drug-likeness (QED) is 0.495. The van der Waals surface area contributed by atoms with Gasteiger partial charge in [-0.1, -0.05) is 6.92 Å². The summed E-state index contributed by atoms with van der Waals surface area (Å²) in [5.74, 6) is 0.737. The lowest BCUT2D eigenvalue weighted by molar-refractivity contribution is -0.141. The Bertz CT molecular complexity index is 303. The molecule has 0 aromatic rings. The summed E-state index contributed by atoms with van der Waals surface area (Å²) in [4.78, 5) is 10.9. The highest BCUT2D eigenvalue weighted by molar-refractivity contribution is 8.00. The summed E-state index contributed by atoms with van der Waals surface area (Å²) in [7, 11) is -1.66. The number of thioether (sulfide) groups is 1. The van der Waals surface area contributed by atoms with Crippen molar-refractivity contribution in [2.45, 2.75) is 19.4 Å². The van der Waals surface area contributed by atoms with Gasteiger partial charge in [-0.2, -0.15) is 11.8 Å². The van der Waals surface area contributed by atoms with E-state index >= 15 is 0 Å². The molecule has 1 unspecified atom stereocenters. The number of carbonyl (C=O) groups excluding carboxylic acids is 1. The van der Waals surface area contributed by atoms with Gasteiger partial charge in [-0.3, -0.25) is 4.79 Å². The van der Waals surface area contributed by atoms with Crippen molar-refractivity contribution in [2.24, 2.45) is 5.73 Å². The average molecular weight is 269 g/mol. The summed E-state index contributed by atoms with van der Waals surface area (Å²) in [6.07, 6.45) is 0.634. The second kappa shape index (κ2) is 7.92. The van der Waals surface area contributed by atoms with Gasteiger partial charge in [0.15, 0.2) is 9.84 Å². The lowest BCUT2D eigenvalue weighted by Gasteiger charge is -2.08. The fourth-order valence-electron chi connectivity index (χ4n) is 1.03. The minimum atomic E-state index is -2.93. The summed E-state index contributed by atoms with van der Waals surface area (Å²) in [6, 6.07) is -0.677. The lowest BCUT2D eigenvalue weighted by atomic mass is 10.4. The third kappa shape index (κ3) is 7.08. The molecule has 0 aliphatic rings. The van der Waals surface area contributed by atoms with Gasteiger partial charge >= 0.3 is 5.97 Å². The van der Waals surface area contributed by atoms with Crippen molar-refractivity contribution in [3.63, 3.8) is 0 Å². The number of nitrogens with two attached hydrogens (primary N) is 1. The molecule has 1 atom stereocenters. The normalized spacial score (nSPS) is 13.4. The van der Waals surface area contributed by atoms with Crippen LogP contribution < -0.4 is 5.73 Å². The Morgan fingerprint density at radius 2 is 2.06 bits per heavy atom. The maximum atomic E-state index is 11.3. The number of ether oxygens (including phenoxy) is 1. The van der Waals surface area contributed by atoms with E-state index in [-0.39, 0.29) is 11.5 Å². The first-order valence-electron chi connectivity index (χ1n) is 5.04. The van der Waals surface area contributed by atoms with Crippen molar-refractivity contribution in [3.05, 3.63) is 0 Å². The zero-order valence-electron chi connectivity index (χ0n) is 9.64. The molecule has 0 aliphatic heterocycles. The molecule has 0 bridgehead atoms. The number of methoxy groups -OCH3 is 1. The molecule has 5 nitrogen and oxygen atoms in total. The van der Waals surface area contributed by atoms with Gasteiger partial charge in [0.1, 0.15) is 6.04 Å². The van der Waals surface area contributed by atoms with Gasteiger partial charge in [-0.25, -0.2) is 8.42 Å². The van der Waals surface area contributed by atoms with E-state index in [0.717, 1.165) is 0 Å². The minimum absolute atomic E-state index is 0.138. The van der Waals surface area contributed by atoms with Crippen molar-refractivity contribution < 1.29 is 17.9 Å². The van der Waals surface area contributed by atoms with Crippen LogP contribution in [0, 0.1) is 0 Å². The fourth-order valence-corrected chi connectivity index (χ4v) is 3.90. The molecule has 0 amide bonds. The third-order valence-corrected chi connectivity index (χ3v) is 5.06. The van der Waals surface area contributed by atoms with Gasteiger partial charge in [0.05, 0.1) is 12.9 Å². The second-order valence-electron chi connectivity index (χ2n) is 3.36. The minimum Gasteiger partial charge on any atom is -0.468 e. The number of sulfone groups is 1. The van der Waals surface area contributed by atoms with E-state index in [2.05, 4.69) is 4.74 Å². The highest BCUT2D eigenvalue weighted by atomic mass is 32.2. The molecule has 16 heavy (non-hydrogen) atoms. The summed E-state index contributed by atoms with van der Waals surface area (Å²) < 4.78 is 27.1. The smallest absolute Gasteiger partial charge is 0.323 e. The number of hydrogen-bond donors (Lipinski definition) is 1. The highest BCUT2D eigenvalue weighted by Gasteiger charge is 2.14. The molecule has 2 N–H and O–H groups in total. The predicted molar refractivity (Wildman–Crippen MR) is 66.3 cm³/mol. The van der Waals surface area contributed by atoms with Crippen molar-refractivity contribution in [3.8, 4) is 0 Å². The first kappa shape index (κ1) is 15.7. The van der Waals surface area contributed by atoms with Crippen LogP contribution in [0.2, 0.25) is 0 Å².